The van der Waals surface area contributed by atoms with Crippen LogP contribution in [0.1, 0.15) is 124 Å². The van der Waals surface area contributed by atoms with E-state index in [1.807, 2.05) is 49.1 Å². The van der Waals surface area contributed by atoms with Crippen LogP contribution < -0.4 is 9.80 Å². The summed E-state index contributed by atoms with van der Waals surface area (Å²) in [7, 11) is 0. The monoisotopic (exact) mass is 1620 g/mol. The van der Waals surface area contributed by atoms with Crippen LogP contribution in [-0.2, 0) is 63.8 Å². The SMILES string of the molecule is C.CC(C)(C)c1cc(N(c2[c-]c(-c3cc(-c4ccccc4)ccn3)ccc2)c2[c-]c(-c3cc(-c4ccccc4)ccn3)ccc2)cc(C(C)(C)C)c1.Cc1ccnc(-c2[c-]c(N(c3[c-]c(-c4cc(C)ccn4)ccc3)c3cc(C(C)(C)C)cc(C(C)(C)C)c3)ccc2)c1.[B].[Pt+2].[Pt+2]. The smallest absolute Gasteiger partial charge is 0.346 e. The number of aryl methyl sites for hydroxylation is 2. The van der Waals surface area contributed by atoms with E-state index < -0.39 is 0 Å². The second kappa shape index (κ2) is 31.5. The van der Waals surface area contributed by atoms with E-state index in [0.29, 0.717) is 0 Å². The number of rotatable bonds is 12. The Balaban J connectivity index is 0.000000266. The van der Waals surface area contributed by atoms with Gasteiger partial charge in [0.05, 0.1) is 0 Å². The Morgan fingerprint density at radius 2 is 0.542 bits per heavy atom. The Labute approximate surface area is 604 Å². The number of aromatic nitrogens is 4. The van der Waals surface area contributed by atoms with E-state index in [-0.39, 0.29) is 79.6 Å². The Morgan fingerprint density at radius 1 is 0.281 bits per heavy atom. The minimum Gasteiger partial charge on any atom is -0.346 e. The van der Waals surface area contributed by atoms with Crippen molar-refractivity contribution in [2.75, 3.05) is 9.80 Å². The van der Waals surface area contributed by atoms with Gasteiger partial charge in [0, 0.05) is 44.6 Å². The van der Waals surface area contributed by atoms with Gasteiger partial charge < -0.3 is 29.7 Å². The largest absolute Gasteiger partial charge is 2.00 e. The summed E-state index contributed by atoms with van der Waals surface area (Å²) in [4.78, 5) is 23.4. The molecule has 9 heteroatoms. The first-order valence-corrected chi connectivity index (χ1v) is 31.8. The van der Waals surface area contributed by atoms with Gasteiger partial charge in [-0.15, -0.1) is 119 Å². The molecular weight excluding hydrogens is 1530 g/mol. The summed E-state index contributed by atoms with van der Waals surface area (Å²) in [6, 6.07) is 91.6. The zero-order valence-electron chi connectivity index (χ0n) is 57.0. The Hall–Kier alpha value is -8.60. The maximum Gasteiger partial charge on any atom is 2.00 e. The van der Waals surface area contributed by atoms with Crippen molar-refractivity contribution in [1.29, 1.82) is 0 Å². The van der Waals surface area contributed by atoms with Gasteiger partial charge in [-0.2, -0.15) is 0 Å². The molecule has 0 unspecified atom stereocenters. The van der Waals surface area contributed by atoms with Crippen LogP contribution in [0.5, 0.6) is 0 Å². The third-order valence-corrected chi connectivity index (χ3v) is 16.6. The standard InChI is InChI=1S/C48H43N3.C38H39N3.CH4.B.2Pt/c1-47(2,3)40-31-41(48(4,5)6)33-44(32-40)51(42-21-13-19-38(27-42)45-29-36(23-25-49-45)34-15-9-7-10-16-34)43-22-14-20-39(28-43)46-30-37(24-26-50-46)35-17-11-8-12-18-35;1-26-15-17-39-35(19-26)28-11-9-13-32(21-28)41(33-14-10-12-29(22-33)36-20-27(2)16-18-40-36)34-24-30(37(3,4)5)23-31(25-34)38(6,7)8;;;;/h7-26,29-33H,1-6H3;9-20,23-25H,1-8H3;1H4;;;/q2*-2;;;2*+2. The molecule has 0 N–H and O–H groups in total. The zero-order valence-corrected chi connectivity index (χ0v) is 61.5. The molecule has 0 saturated carbocycles. The summed E-state index contributed by atoms with van der Waals surface area (Å²) in [5.41, 5.74) is 25.0. The fraction of sp³-hybridized carbons (Fsp3) is 0.218. The summed E-state index contributed by atoms with van der Waals surface area (Å²) in [6.07, 6.45) is 7.48. The molecule has 0 aliphatic rings. The van der Waals surface area contributed by atoms with Crippen molar-refractivity contribution in [3.63, 3.8) is 0 Å². The second-order valence-corrected chi connectivity index (χ2v) is 28.0. The van der Waals surface area contributed by atoms with E-state index in [2.05, 4.69) is 335 Å². The first-order chi connectivity index (χ1) is 43.9. The summed E-state index contributed by atoms with van der Waals surface area (Å²) < 4.78 is 0. The predicted molar refractivity (Wildman–Crippen MR) is 398 cm³/mol. The topological polar surface area (TPSA) is 58.0 Å². The average molecular weight is 1620 g/mol. The molecule has 4 aromatic heterocycles. The first kappa shape index (κ1) is 74.8. The van der Waals surface area contributed by atoms with Gasteiger partial charge in [-0.3, -0.25) is 0 Å². The molecule has 12 aromatic rings. The van der Waals surface area contributed by atoms with Gasteiger partial charge in [0.15, 0.2) is 0 Å². The first-order valence-electron chi connectivity index (χ1n) is 31.8. The molecule has 0 spiro atoms. The van der Waals surface area contributed by atoms with Crippen LogP contribution in [0.4, 0.5) is 34.1 Å². The Morgan fingerprint density at radius 3 is 0.802 bits per heavy atom. The molecule has 0 bridgehead atoms. The number of benzene rings is 8. The normalized spacial score (nSPS) is 11.3. The van der Waals surface area contributed by atoms with E-state index >= 15 is 0 Å². The van der Waals surface area contributed by atoms with Gasteiger partial charge >= 0.3 is 42.1 Å². The molecule has 12 rings (SSSR count). The van der Waals surface area contributed by atoms with Crippen molar-refractivity contribution in [2.45, 2.75) is 126 Å². The van der Waals surface area contributed by atoms with Gasteiger partial charge in [-0.05, 0) is 174 Å². The van der Waals surface area contributed by atoms with Crippen LogP contribution in [0, 0.1) is 38.1 Å². The van der Waals surface area contributed by atoms with Gasteiger partial charge in [0.2, 0.25) is 0 Å². The molecule has 6 nitrogen and oxygen atoms in total. The third kappa shape index (κ3) is 18.1. The average Bonchev–Trinajstić information content (AvgIpc) is 0.777. The number of hydrogen-bond acceptors (Lipinski definition) is 6. The van der Waals surface area contributed by atoms with Crippen LogP contribution in [0.25, 0.3) is 67.3 Å². The summed E-state index contributed by atoms with van der Waals surface area (Å²) >= 11 is 0. The fourth-order valence-electron chi connectivity index (χ4n) is 11.1. The summed E-state index contributed by atoms with van der Waals surface area (Å²) in [5, 5.41) is 0. The van der Waals surface area contributed by atoms with Crippen LogP contribution >= 0.6 is 0 Å². The minimum absolute atomic E-state index is 0. The maximum absolute atomic E-state index is 4.80. The van der Waals surface area contributed by atoms with Gasteiger partial charge in [-0.25, -0.2) is 0 Å². The zero-order chi connectivity index (χ0) is 65.0. The summed E-state index contributed by atoms with van der Waals surface area (Å²) in [5.74, 6) is 0. The molecule has 0 aliphatic heterocycles. The fourth-order valence-corrected chi connectivity index (χ4v) is 11.1. The minimum atomic E-state index is -0.0532. The molecule has 0 atom stereocenters. The van der Waals surface area contributed by atoms with Crippen molar-refractivity contribution >= 4 is 42.5 Å². The number of pyridine rings is 4. The van der Waals surface area contributed by atoms with E-state index in [0.717, 1.165) is 101 Å². The van der Waals surface area contributed by atoms with Crippen molar-refractivity contribution < 1.29 is 42.1 Å². The molecule has 4 heterocycles. The van der Waals surface area contributed by atoms with Crippen LogP contribution in [0.15, 0.2) is 243 Å². The van der Waals surface area contributed by atoms with Crippen molar-refractivity contribution in [2.24, 2.45) is 0 Å². The number of anilines is 6. The van der Waals surface area contributed by atoms with E-state index in [1.54, 1.807) is 0 Å². The molecule has 0 fully saturated rings. The molecule has 0 amide bonds. The molecular formula is C87H86BN6Pt2. The maximum atomic E-state index is 4.80. The van der Waals surface area contributed by atoms with Gasteiger partial charge in [0.1, 0.15) is 0 Å². The van der Waals surface area contributed by atoms with E-state index in [4.69, 9.17) is 9.97 Å². The third-order valence-electron chi connectivity index (χ3n) is 16.6. The van der Waals surface area contributed by atoms with E-state index in [1.165, 1.54) is 33.4 Å². The van der Waals surface area contributed by atoms with Crippen molar-refractivity contribution in [3.05, 3.63) is 301 Å². The molecule has 3 radical (unpaired) electrons. The number of nitrogens with zero attached hydrogens (tertiary/aromatic N) is 6. The second-order valence-electron chi connectivity index (χ2n) is 28.0. The van der Waals surface area contributed by atoms with Crippen molar-refractivity contribution in [3.8, 4) is 67.3 Å². The van der Waals surface area contributed by atoms with E-state index in [9.17, 15) is 0 Å². The van der Waals surface area contributed by atoms with Crippen LogP contribution in [0.3, 0.4) is 0 Å². The summed E-state index contributed by atoms with van der Waals surface area (Å²) in [6.45, 7) is 31.5. The molecule has 8 aromatic carbocycles. The Kier molecular flexibility index (Phi) is 24.6. The van der Waals surface area contributed by atoms with Crippen molar-refractivity contribution in [1.82, 2.24) is 19.9 Å². The number of hydrogen-bond donors (Lipinski definition) is 0. The molecule has 96 heavy (non-hydrogen) atoms. The van der Waals surface area contributed by atoms with Gasteiger partial charge in [-0.1, -0.05) is 199 Å². The Bertz CT molecular complexity index is 4280. The van der Waals surface area contributed by atoms with Crippen LogP contribution in [0.2, 0.25) is 0 Å². The molecule has 0 saturated heterocycles. The quantitative estimate of drug-likeness (QED) is 0.0897. The predicted octanol–water partition coefficient (Wildman–Crippen LogP) is 23.2. The molecule has 487 valence electrons. The van der Waals surface area contributed by atoms with Crippen LogP contribution in [-0.4, -0.2) is 28.3 Å². The van der Waals surface area contributed by atoms with Gasteiger partial charge in [0.25, 0.3) is 0 Å². The molecule has 0 aliphatic carbocycles.